The first-order chi connectivity index (χ1) is 18.4. The van der Waals surface area contributed by atoms with Gasteiger partial charge < -0.3 is 21.3 Å². The monoisotopic (exact) mass is 560 g/mol. The highest BCUT2D eigenvalue weighted by molar-refractivity contribution is 6.37. The molecule has 0 heterocycles. The van der Waals surface area contributed by atoms with Crippen LogP contribution in [0.15, 0.2) is 54.6 Å². The van der Waals surface area contributed by atoms with E-state index in [0.29, 0.717) is 10.6 Å². The Bertz CT molecular complexity index is 1040. The molecule has 0 aromatic heterocycles. The molecule has 0 aliphatic heterocycles. The van der Waals surface area contributed by atoms with Gasteiger partial charge in [-0.1, -0.05) is 83.0 Å². The minimum absolute atomic E-state index is 0.188. The van der Waals surface area contributed by atoms with Crippen molar-refractivity contribution in [2.24, 2.45) is 5.92 Å². The van der Waals surface area contributed by atoms with Gasteiger partial charge in [0.25, 0.3) is 11.8 Å². The average Bonchev–Trinajstić information content (AvgIpc) is 2.89. The van der Waals surface area contributed by atoms with Crippen LogP contribution in [0.4, 0.5) is 0 Å². The maximum absolute atomic E-state index is 12.1. The molecule has 0 saturated heterocycles. The molecule has 2 rings (SSSR count). The predicted molar refractivity (Wildman–Crippen MR) is 154 cm³/mol. The van der Waals surface area contributed by atoms with Gasteiger partial charge in [0.2, 0.25) is 17.6 Å². The predicted octanol–water partition coefficient (Wildman–Crippen LogP) is 3.65. The smallest absolute Gasteiger partial charge is 0.289 e. The van der Waals surface area contributed by atoms with Crippen molar-refractivity contribution in [1.29, 1.82) is 0 Å². The number of Topliss-reactive ketones (excluding diaryl/α,β-unsaturated/α-hetero) is 1. The Morgan fingerprint density at radius 1 is 0.769 bits per heavy atom. The number of hydrogen-bond donors (Lipinski definition) is 4. The molecule has 2 aromatic carbocycles. The molecule has 10 heteroatoms. The van der Waals surface area contributed by atoms with E-state index in [0.717, 1.165) is 11.5 Å². The Morgan fingerprint density at radius 3 is 1.85 bits per heavy atom. The van der Waals surface area contributed by atoms with Crippen molar-refractivity contribution in [3.05, 3.63) is 70.7 Å². The van der Waals surface area contributed by atoms with Crippen LogP contribution in [0, 0.1) is 5.92 Å². The van der Waals surface area contributed by atoms with Gasteiger partial charge in [-0.2, -0.15) is 0 Å². The number of nitrogens with one attached hydrogen (secondary N) is 4. The largest absolute Gasteiger partial charge is 0.347 e. The molecule has 0 radical (unpaired) electrons. The summed E-state index contributed by atoms with van der Waals surface area (Å²) in [6, 6.07) is 14.2. The fourth-order valence-electron chi connectivity index (χ4n) is 2.50. The number of halogens is 1. The van der Waals surface area contributed by atoms with Crippen LogP contribution in [-0.2, 0) is 25.7 Å². The average molecular weight is 561 g/mol. The topological polar surface area (TPSA) is 133 Å². The van der Waals surface area contributed by atoms with Crippen LogP contribution < -0.4 is 21.3 Å². The minimum Gasteiger partial charge on any atom is -0.347 e. The summed E-state index contributed by atoms with van der Waals surface area (Å²) >= 11 is 5.76. The molecule has 214 valence electrons. The van der Waals surface area contributed by atoms with Crippen LogP contribution >= 0.6 is 11.6 Å². The third kappa shape index (κ3) is 17.4. The van der Waals surface area contributed by atoms with Crippen molar-refractivity contribution < 1.29 is 24.0 Å². The number of benzene rings is 2. The lowest BCUT2D eigenvalue weighted by Crippen LogP contribution is -2.49. The number of ketones is 1. The lowest BCUT2D eigenvalue weighted by atomic mass is 10.2. The van der Waals surface area contributed by atoms with E-state index < -0.39 is 42.0 Å². The summed E-state index contributed by atoms with van der Waals surface area (Å²) in [7, 11) is 0. The quantitative estimate of drug-likeness (QED) is 0.329. The molecule has 0 bridgehead atoms. The number of amides is 4. The third-order valence-corrected chi connectivity index (χ3v) is 4.51. The Balaban J connectivity index is 0.00000185. The zero-order valence-corrected chi connectivity index (χ0v) is 24.4. The number of rotatable bonds is 10. The van der Waals surface area contributed by atoms with Crippen LogP contribution in [0.5, 0.6) is 0 Å². The summed E-state index contributed by atoms with van der Waals surface area (Å²) < 4.78 is 0. The number of hydrogen-bond acceptors (Lipinski definition) is 5. The van der Waals surface area contributed by atoms with Gasteiger partial charge in [0.1, 0.15) is 6.04 Å². The normalized spacial score (nSPS) is 10.5. The van der Waals surface area contributed by atoms with Crippen molar-refractivity contribution in [2.45, 2.75) is 60.5 Å². The summed E-state index contributed by atoms with van der Waals surface area (Å²) in [4.78, 5) is 59.7. The van der Waals surface area contributed by atoms with E-state index in [1.54, 1.807) is 24.3 Å². The molecule has 4 amide bonds. The van der Waals surface area contributed by atoms with Crippen molar-refractivity contribution >= 4 is 41.0 Å². The summed E-state index contributed by atoms with van der Waals surface area (Å²) in [6.07, 6.45) is 1.25. The van der Waals surface area contributed by atoms with Gasteiger partial charge in [0.15, 0.2) is 0 Å². The molecule has 0 aliphatic carbocycles. The first-order valence-corrected chi connectivity index (χ1v) is 13.2. The van der Waals surface area contributed by atoms with Crippen molar-refractivity contribution in [3.63, 3.8) is 0 Å². The highest BCUT2D eigenvalue weighted by atomic mass is 35.5. The van der Waals surface area contributed by atoms with Gasteiger partial charge in [-0.3, -0.25) is 24.0 Å². The lowest BCUT2D eigenvalue weighted by Gasteiger charge is -2.14. The standard InChI is InChI=1S/C22H23ClN4O5.C4H10.C3H8/c1-14(27-19(29)13-26-21(31)16-7-9-17(23)10-8-16)20(30)25-12-18(28)22(32)24-11-15-5-3-2-4-6-15;1-4(2)3;1-3-2/h2-10,14H,11-13H2,1H3,(H,24,32)(H,25,30)(H,26,31)(H,27,29);4H,1-3H3;3H2,1-2H3. The molecular weight excluding hydrogens is 520 g/mol. The second kappa shape index (κ2) is 20.3. The summed E-state index contributed by atoms with van der Waals surface area (Å²) in [6.45, 7) is 11.5. The summed E-state index contributed by atoms with van der Waals surface area (Å²) in [5.41, 5.74) is 1.16. The molecule has 0 fully saturated rings. The van der Waals surface area contributed by atoms with E-state index in [-0.39, 0.29) is 13.1 Å². The SMILES string of the molecule is CC(C)C.CC(NC(=O)CNC(=O)c1ccc(Cl)cc1)C(=O)NCC(=O)C(=O)NCc1ccccc1.CCC. The van der Waals surface area contributed by atoms with Crippen LogP contribution in [0.2, 0.25) is 5.02 Å². The fraction of sp³-hybridized carbons (Fsp3) is 0.414. The molecule has 1 unspecified atom stereocenters. The first kappa shape index (κ1) is 35.3. The molecule has 9 nitrogen and oxygen atoms in total. The summed E-state index contributed by atoms with van der Waals surface area (Å²) in [5.74, 6) is -2.52. The van der Waals surface area contributed by atoms with Crippen molar-refractivity contribution in [2.75, 3.05) is 13.1 Å². The molecular formula is C29H41ClN4O5. The van der Waals surface area contributed by atoms with Gasteiger partial charge in [-0.05, 0) is 42.7 Å². The zero-order chi connectivity index (χ0) is 29.8. The van der Waals surface area contributed by atoms with Gasteiger partial charge >= 0.3 is 0 Å². The molecule has 0 aliphatic rings. The van der Waals surface area contributed by atoms with E-state index in [2.05, 4.69) is 55.9 Å². The van der Waals surface area contributed by atoms with Crippen LogP contribution in [0.1, 0.15) is 63.9 Å². The first-order valence-electron chi connectivity index (χ1n) is 12.9. The molecule has 1 atom stereocenters. The van der Waals surface area contributed by atoms with Crippen LogP contribution in [0.25, 0.3) is 0 Å². The van der Waals surface area contributed by atoms with Crippen molar-refractivity contribution in [1.82, 2.24) is 21.3 Å². The maximum Gasteiger partial charge on any atom is 0.289 e. The van der Waals surface area contributed by atoms with E-state index in [1.165, 1.54) is 25.5 Å². The van der Waals surface area contributed by atoms with E-state index in [9.17, 15) is 24.0 Å². The highest BCUT2D eigenvalue weighted by Crippen LogP contribution is 2.09. The van der Waals surface area contributed by atoms with Crippen LogP contribution in [-0.4, -0.2) is 48.5 Å². The van der Waals surface area contributed by atoms with Gasteiger partial charge in [-0.25, -0.2) is 0 Å². The third-order valence-electron chi connectivity index (χ3n) is 4.26. The number of carbonyl (C=O) groups is 5. The Morgan fingerprint density at radius 2 is 1.31 bits per heavy atom. The second-order valence-corrected chi connectivity index (χ2v) is 9.66. The zero-order valence-electron chi connectivity index (χ0n) is 23.6. The fourth-order valence-corrected chi connectivity index (χ4v) is 2.63. The van der Waals surface area contributed by atoms with E-state index in [4.69, 9.17) is 11.6 Å². The van der Waals surface area contributed by atoms with E-state index in [1.807, 2.05) is 18.2 Å². The molecule has 2 aromatic rings. The Labute approximate surface area is 236 Å². The van der Waals surface area contributed by atoms with Crippen LogP contribution in [0.3, 0.4) is 0 Å². The van der Waals surface area contributed by atoms with Crippen molar-refractivity contribution in [3.8, 4) is 0 Å². The van der Waals surface area contributed by atoms with Gasteiger partial charge in [-0.15, -0.1) is 0 Å². The molecule has 0 spiro atoms. The second-order valence-electron chi connectivity index (χ2n) is 9.23. The Kier molecular flexibility index (Phi) is 18.3. The minimum atomic E-state index is -0.977. The van der Waals surface area contributed by atoms with Gasteiger partial charge in [0.05, 0.1) is 13.1 Å². The van der Waals surface area contributed by atoms with Gasteiger partial charge in [0, 0.05) is 17.1 Å². The lowest BCUT2D eigenvalue weighted by molar-refractivity contribution is -0.138. The Hall–Kier alpha value is -3.72. The maximum atomic E-state index is 12.1. The molecule has 0 saturated carbocycles. The van der Waals surface area contributed by atoms with E-state index >= 15 is 0 Å². The molecule has 39 heavy (non-hydrogen) atoms. The number of carbonyl (C=O) groups excluding carboxylic acids is 5. The molecule has 4 N–H and O–H groups in total. The highest BCUT2D eigenvalue weighted by Gasteiger charge is 2.19. The summed E-state index contributed by atoms with van der Waals surface area (Å²) in [5, 5.41) is 10.1.